The number of carbonyl (C=O) groups excluding carboxylic acids is 2. The lowest BCUT2D eigenvalue weighted by Gasteiger charge is -2.13. The Hall–Kier alpha value is -2.91. The fourth-order valence-corrected chi connectivity index (χ4v) is 1.80. The second-order valence-electron chi connectivity index (χ2n) is 4.60. The number of nitrogens with one attached hydrogen (secondary N) is 1. The molecule has 1 N–H and O–H groups in total. The molecule has 2 rings (SSSR count). The number of ether oxygens (including phenoxy) is 1. The van der Waals surface area contributed by atoms with E-state index in [1.54, 1.807) is 18.2 Å². The molecule has 0 fully saturated rings. The third-order valence-electron chi connectivity index (χ3n) is 2.88. The molecular weight excluding hydrogens is 318 g/mol. The number of benzene rings is 1. The summed E-state index contributed by atoms with van der Waals surface area (Å²) < 4.78 is 5.07. The molecule has 0 bridgehead atoms. The number of nitrogens with zero attached hydrogens (tertiary/aromatic N) is 2. The van der Waals surface area contributed by atoms with Crippen molar-refractivity contribution in [1.82, 2.24) is 4.98 Å². The van der Waals surface area contributed by atoms with Crippen LogP contribution in [-0.2, 0) is 9.53 Å². The van der Waals surface area contributed by atoms with Crippen molar-refractivity contribution in [3.05, 3.63) is 58.9 Å². The van der Waals surface area contributed by atoms with Crippen LogP contribution in [0, 0.1) is 11.3 Å². The van der Waals surface area contributed by atoms with Crippen molar-refractivity contribution in [1.29, 1.82) is 5.26 Å². The monoisotopic (exact) mass is 329 g/mol. The minimum atomic E-state index is -1.01. The van der Waals surface area contributed by atoms with Crippen LogP contribution >= 0.6 is 11.6 Å². The lowest BCUT2D eigenvalue weighted by atomic mass is 10.2. The maximum Gasteiger partial charge on any atom is 0.340 e. The standard InChI is InChI=1S/C16H12ClN3O3/c1-10(23-16(22)12-5-6-14(17)19-9-12)15(21)20-13-4-2-3-11(7-13)8-18/h2-7,9-10H,1H3,(H,20,21)/t10-/m0/s1. The summed E-state index contributed by atoms with van der Waals surface area (Å²) in [6.07, 6.45) is 0.259. The molecule has 0 spiro atoms. The van der Waals surface area contributed by atoms with Crippen molar-refractivity contribution < 1.29 is 14.3 Å². The topological polar surface area (TPSA) is 92.1 Å². The SMILES string of the molecule is C[C@H](OC(=O)c1ccc(Cl)nc1)C(=O)Nc1cccc(C#N)c1. The summed E-state index contributed by atoms with van der Waals surface area (Å²) in [7, 11) is 0. The molecule has 0 saturated carbocycles. The van der Waals surface area contributed by atoms with Crippen molar-refractivity contribution in [2.45, 2.75) is 13.0 Å². The molecule has 7 heteroatoms. The third-order valence-corrected chi connectivity index (χ3v) is 3.10. The van der Waals surface area contributed by atoms with Gasteiger partial charge in [-0.25, -0.2) is 9.78 Å². The lowest BCUT2D eigenvalue weighted by Crippen LogP contribution is -2.30. The maximum absolute atomic E-state index is 12.0. The summed E-state index contributed by atoms with van der Waals surface area (Å²) >= 11 is 5.64. The summed E-state index contributed by atoms with van der Waals surface area (Å²) in [5, 5.41) is 11.7. The third kappa shape index (κ3) is 4.53. The van der Waals surface area contributed by atoms with Gasteiger partial charge in [-0.05, 0) is 37.3 Å². The van der Waals surface area contributed by atoms with E-state index in [1.165, 1.54) is 31.3 Å². The number of hydrogen-bond acceptors (Lipinski definition) is 5. The van der Waals surface area contributed by atoms with Crippen molar-refractivity contribution >= 4 is 29.2 Å². The predicted octanol–water partition coefficient (Wildman–Crippen LogP) is 2.79. The van der Waals surface area contributed by atoms with E-state index < -0.39 is 18.0 Å². The number of anilines is 1. The number of pyridine rings is 1. The van der Waals surface area contributed by atoms with Gasteiger partial charge in [0.2, 0.25) is 0 Å². The summed E-state index contributed by atoms with van der Waals surface area (Å²) in [5.41, 5.74) is 1.06. The molecule has 116 valence electrons. The smallest absolute Gasteiger partial charge is 0.340 e. The van der Waals surface area contributed by atoms with Crippen LogP contribution in [0.5, 0.6) is 0 Å². The quantitative estimate of drug-likeness (QED) is 0.687. The van der Waals surface area contributed by atoms with Gasteiger partial charge in [0.25, 0.3) is 5.91 Å². The van der Waals surface area contributed by atoms with Crippen LogP contribution in [0.15, 0.2) is 42.6 Å². The number of rotatable bonds is 4. The molecule has 1 aromatic heterocycles. The molecule has 0 aliphatic heterocycles. The highest BCUT2D eigenvalue weighted by Gasteiger charge is 2.19. The second-order valence-corrected chi connectivity index (χ2v) is 4.99. The Kier molecular flexibility index (Phi) is 5.28. The summed E-state index contributed by atoms with van der Waals surface area (Å²) in [6.45, 7) is 1.45. The van der Waals surface area contributed by atoms with Crippen LogP contribution in [0.1, 0.15) is 22.8 Å². The number of esters is 1. The second kappa shape index (κ2) is 7.38. The maximum atomic E-state index is 12.0. The Bertz CT molecular complexity index is 769. The van der Waals surface area contributed by atoms with Crippen molar-refractivity contribution in [2.75, 3.05) is 5.32 Å². The average Bonchev–Trinajstić information content (AvgIpc) is 2.55. The zero-order valence-corrected chi connectivity index (χ0v) is 12.9. The number of aromatic nitrogens is 1. The van der Waals surface area contributed by atoms with Crippen LogP contribution < -0.4 is 5.32 Å². The number of carbonyl (C=O) groups is 2. The van der Waals surface area contributed by atoms with Gasteiger partial charge in [0.15, 0.2) is 6.10 Å². The van der Waals surface area contributed by atoms with Gasteiger partial charge in [0, 0.05) is 11.9 Å². The summed E-state index contributed by atoms with van der Waals surface area (Å²) in [4.78, 5) is 27.7. The van der Waals surface area contributed by atoms with E-state index in [0.717, 1.165) is 0 Å². The Morgan fingerprint density at radius 2 is 2.13 bits per heavy atom. The molecule has 0 aliphatic rings. The Morgan fingerprint density at radius 3 is 2.78 bits per heavy atom. The first-order valence-corrected chi connectivity index (χ1v) is 7.01. The molecule has 1 aromatic carbocycles. The van der Waals surface area contributed by atoms with Crippen molar-refractivity contribution in [3.63, 3.8) is 0 Å². The lowest BCUT2D eigenvalue weighted by molar-refractivity contribution is -0.123. The molecule has 1 heterocycles. The zero-order chi connectivity index (χ0) is 16.8. The van der Waals surface area contributed by atoms with Gasteiger partial charge in [-0.2, -0.15) is 5.26 Å². The fourth-order valence-electron chi connectivity index (χ4n) is 1.69. The first kappa shape index (κ1) is 16.5. The minimum absolute atomic E-state index is 0.195. The largest absolute Gasteiger partial charge is 0.449 e. The van der Waals surface area contributed by atoms with Crippen molar-refractivity contribution in [3.8, 4) is 6.07 Å². The highest BCUT2D eigenvalue weighted by atomic mass is 35.5. The fraction of sp³-hybridized carbons (Fsp3) is 0.125. The highest BCUT2D eigenvalue weighted by Crippen LogP contribution is 2.12. The van der Waals surface area contributed by atoms with Gasteiger partial charge in [-0.1, -0.05) is 17.7 Å². The Balaban J connectivity index is 1.98. The number of nitriles is 1. The van der Waals surface area contributed by atoms with Gasteiger partial charge < -0.3 is 10.1 Å². The molecule has 6 nitrogen and oxygen atoms in total. The van der Waals surface area contributed by atoms with E-state index in [2.05, 4.69) is 10.3 Å². The number of amides is 1. The first-order chi connectivity index (χ1) is 11.0. The van der Waals surface area contributed by atoms with E-state index in [0.29, 0.717) is 11.3 Å². The van der Waals surface area contributed by atoms with Gasteiger partial charge in [0.1, 0.15) is 5.15 Å². The van der Waals surface area contributed by atoms with E-state index in [4.69, 9.17) is 21.6 Å². The summed E-state index contributed by atoms with van der Waals surface area (Å²) in [5.74, 6) is -1.18. The van der Waals surface area contributed by atoms with Crippen LogP contribution in [0.2, 0.25) is 5.15 Å². The molecule has 2 aromatic rings. The van der Waals surface area contributed by atoms with Gasteiger partial charge >= 0.3 is 5.97 Å². The van der Waals surface area contributed by atoms with Crippen LogP contribution in [0.25, 0.3) is 0 Å². The minimum Gasteiger partial charge on any atom is -0.449 e. The van der Waals surface area contributed by atoms with Gasteiger partial charge in [0.05, 0.1) is 17.2 Å². The number of halogens is 1. The van der Waals surface area contributed by atoms with Gasteiger partial charge in [-0.3, -0.25) is 4.79 Å². The zero-order valence-electron chi connectivity index (χ0n) is 12.1. The molecule has 0 aliphatic carbocycles. The molecule has 0 saturated heterocycles. The molecule has 0 unspecified atom stereocenters. The van der Waals surface area contributed by atoms with Gasteiger partial charge in [-0.15, -0.1) is 0 Å². The highest BCUT2D eigenvalue weighted by molar-refractivity contribution is 6.29. The molecule has 23 heavy (non-hydrogen) atoms. The average molecular weight is 330 g/mol. The molecule has 1 amide bonds. The first-order valence-electron chi connectivity index (χ1n) is 6.63. The molecule has 0 radical (unpaired) electrons. The van der Waals surface area contributed by atoms with Crippen molar-refractivity contribution in [2.24, 2.45) is 0 Å². The van der Waals surface area contributed by atoms with E-state index in [1.807, 2.05) is 6.07 Å². The Labute approximate surface area is 137 Å². The van der Waals surface area contributed by atoms with Crippen LogP contribution in [0.3, 0.4) is 0 Å². The summed E-state index contributed by atoms with van der Waals surface area (Å²) in [6, 6.07) is 11.3. The van der Waals surface area contributed by atoms with E-state index >= 15 is 0 Å². The Morgan fingerprint density at radius 1 is 1.35 bits per heavy atom. The molecular formula is C16H12ClN3O3. The van der Waals surface area contributed by atoms with Crippen LogP contribution in [0.4, 0.5) is 5.69 Å². The number of hydrogen-bond donors (Lipinski definition) is 1. The van der Waals surface area contributed by atoms with E-state index in [-0.39, 0.29) is 10.7 Å². The molecule has 1 atom stereocenters. The normalized spacial score (nSPS) is 11.2. The van der Waals surface area contributed by atoms with E-state index in [9.17, 15) is 9.59 Å². The van der Waals surface area contributed by atoms with Crippen LogP contribution in [-0.4, -0.2) is 23.0 Å². The predicted molar refractivity (Wildman–Crippen MR) is 83.9 cm³/mol.